The minimum Gasteiger partial charge on any atom is -0.548 e. The molecule has 0 aromatic heterocycles. The maximum atomic E-state index is 12.4. The molecule has 2 aromatic carbocycles. The summed E-state index contributed by atoms with van der Waals surface area (Å²) in [5.41, 5.74) is 0.789. The number of rotatable bonds is 6. The van der Waals surface area contributed by atoms with Crippen LogP contribution in [-0.4, -0.2) is 31.1 Å². The molecule has 0 saturated carbocycles. The topological polar surface area (TPSA) is 117 Å². The Morgan fingerprint density at radius 1 is 1.04 bits per heavy atom. The van der Waals surface area contributed by atoms with Crippen LogP contribution in [-0.2, 0) is 9.59 Å². The summed E-state index contributed by atoms with van der Waals surface area (Å²) in [7, 11) is 0. The first kappa shape index (κ1) is 18.0. The van der Waals surface area contributed by atoms with Crippen LogP contribution in [0, 0.1) is 0 Å². The summed E-state index contributed by atoms with van der Waals surface area (Å²) >= 11 is 0. The molecule has 0 saturated heterocycles. The van der Waals surface area contributed by atoms with Crippen LogP contribution in [0.1, 0.15) is 15.9 Å². The van der Waals surface area contributed by atoms with E-state index in [1.54, 1.807) is 48.5 Å². The molecule has 1 aliphatic heterocycles. The Labute approximate surface area is 154 Å². The van der Waals surface area contributed by atoms with E-state index in [1.165, 1.54) is 6.08 Å². The van der Waals surface area contributed by atoms with Crippen molar-refractivity contribution in [3.63, 3.8) is 0 Å². The van der Waals surface area contributed by atoms with Gasteiger partial charge in [-0.2, -0.15) is 0 Å². The number of hydrogen-bond acceptors (Lipinski definition) is 6. The summed E-state index contributed by atoms with van der Waals surface area (Å²) < 4.78 is 10.5. The molecule has 0 unspecified atom stereocenters. The fourth-order valence-corrected chi connectivity index (χ4v) is 2.36. The van der Waals surface area contributed by atoms with Gasteiger partial charge >= 0.3 is 0 Å². The van der Waals surface area contributed by atoms with Crippen LogP contribution in [0.15, 0.2) is 54.2 Å². The van der Waals surface area contributed by atoms with Crippen molar-refractivity contribution in [1.29, 1.82) is 0 Å². The van der Waals surface area contributed by atoms with Crippen LogP contribution in [0.4, 0.5) is 0 Å². The van der Waals surface area contributed by atoms with Crippen molar-refractivity contribution in [2.24, 2.45) is 0 Å². The van der Waals surface area contributed by atoms with Gasteiger partial charge in [0.05, 0.1) is 12.5 Å². The molecule has 8 nitrogen and oxygen atoms in total. The average Bonchev–Trinajstić information content (AvgIpc) is 3.14. The largest absolute Gasteiger partial charge is 0.548 e. The van der Waals surface area contributed by atoms with Gasteiger partial charge in [-0.05, 0) is 35.9 Å². The van der Waals surface area contributed by atoms with Crippen LogP contribution in [0.3, 0.4) is 0 Å². The molecule has 138 valence electrons. The zero-order valence-electron chi connectivity index (χ0n) is 14.1. The molecular formula is C19H15N2O6-. The summed E-state index contributed by atoms with van der Waals surface area (Å²) in [6.07, 6.45) is 1.41. The second-order valence-corrected chi connectivity index (χ2v) is 5.55. The highest BCUT2D eigenvalue weighted by atomic mass is 16.7. The third kappa shape index (κ3) is 4.63. The maximum Gasteiger partial charge on any atom is 0.268 e. The molecule has 2 amide bonds. The van der Waals surface area contributed by atoms with Gasteiger partial charge in [0.1, 0.15) is 5.70 Å². The first-order chi connectivity index (χ1) is 13.0. The smallest absolute Gasteiger partial charge is 0.268 e. The number of aliphatic carboxylic acids is 1. The van der Waals surface area contributed by atoms with Gasteiger partial charge in [-0.15, -0.1) is 0 Å². The van der Waals surface area contributed by atoms with E-state index in [4.69, 9.17) is 9.47 Å². The Balaban J connectivity index is 1.85. The lowest BCUT2D eigenvalue weighted by molar-refractivity contribution is -0.303. The van der Waals surface area contributed by atoms with Crippen LogP contribution in [0.5, 0.6) is 11.5 Å². The van der Waals surface area contributed by atoms with Gasteiger partial charge < -0.3 is 30.0 Å². The predicted molar refractivity (Wildman–Crippen MR) is 92.5 cm³/mol. The Bertz CT molecular complexity index is 908. The number of amides is 2. The Kier molecular flexibility index (Phi) is 5.36. The van der Waals surface area contributed by atoms with Crippen molar-refractivity contribution >= 4 is 23.9 Å². The number of fused-ring (bicyclic) bond motifs is 1. The van der Waals surface area contributed by atoms with Crippen LogP contribution in [0.2, 0.25) is 0 Å². The quantitative estimate of drug-likeness (QED) is 0.697. The number of carbonyl (C=O) groups excluding carboxylic acids is 3. The van der Waals surface area contributed by atoms with Gasteiger partial charge in [-0.25, -0.2) is 0 Å². The number of carboxylic acids is 1. The van der Waals surface area contributed by atoms with Crippen molar-refractivity contribution < 1.29 is 29.0 Å². The minimum absolute atomic E-state index is 0.103. The van der Waals surface area contributed by atoms with E-state index in [2.05, 4.69) is 10.6 Å². The average molecular weight is 367 g/mol. The number of hydrogen-bond donors (Lipinski definition) is 2. The normalized spacial score (nSPS) is 12.4. The predicted octanol–water partition coefficient (Wildman–Crippen LogP) is 0.0523. The maximum absolute atomic E-state index is 12.4. The Morgan fingerprint density at radius 2 is 1.78 bits per heavy atom. The van der Waals surface area contributed by atoms with Crippen molar-refractivity contribution in [2.75, 3.05) is 13.3 Å². The lowest BCUT2D eigenvalue weighted by Gasteiger charge is -2.11. The zero-order chi connectivity index (χ0) is 19.2. The van der Waals surface area contributed by atoms with Gasteiger partial charge in [0.15, 0.2) is 11.5 Å². The first-order valence-electron chi connectivity index (χ1n) is 7.99. The summed E-state index contributed by atoms with van der Waals surface area (Å²) in [6.45, 7) is -0.579. The van der Waals surface area contributed by atoms with Crippen molar-refractivity contribution in [3.8, 4) is 11.5 Å². The molecule has 0 aliphatic carbocycles. The van der Waals surface area contributed by atoms with Crippen LogP contribution >= 0.6 is 0 Å². The lowest BCUT2D eigenvalue weighted by Crippen LogP contribution is -2.41. The van der Waals surface area contributed by atoms with Crippen molar-refractivity contribution in [1.82, 2.24) is 10.6 Å². The monoisotopic (exact) mass is 367 g/mol. The Morgan fingerprint density at radius 3 is 2.52 bits per heavy atom. The van der Waals surface area contributed by atoms with Crippen LogP contribution < -0.4 is 25.2 Å². The number of ether oxygens (including phenoxy) is 2. The first-order valence-corrected chi connectivity index (χ1v) is 7.99. The highest BCUT2D eigenvalue weighted by molar-refractivity contribution is 6.05. The molecule has 0 atom stereocenters. The van der Waals surface area contributed by atoms with E-state index < -0.39 is 24.3 Å². The highest BCUT2D eigenvalue weighted by Gasteiger charge is 2.16. The van der Waals surface area contributed by atoms with E-state index in [0.717, 1.165) is 0 Å². The molecule has 0 radical (unpaired) electrons. The van der Waals surface area contributed by atoms with E-state index >= 15 is 0 Å². The molecule has 2 aromatic rings. The van der Waals surface area contributed by atoms with E-state index in [9.17, 15) is 19.5 Å². The van der Waals surface area contributed by atoms with Crippen molar-refractivity contribution in [2.45, 2.75) is 0 Å². The molecule has 27 heavy (non-hydrogen) atoms. The summed E-state index contributed by atoms with van der Waals surface area (Å²) in [5, 5.41) is 15.3. The van der Waals surface area contributed by atoms with Gasteiger partial charge in [-0.1, -0.05) is 24.3 Å². The highest BCUT2D eigenvalue weighted by Crippen LogP contribution is 2.33. The fourth-order valence-electron chi connectivity index (χ4n) is 2.36. The van der Waals surface area contributed by atoms with Gasteiger partial charge in [-0.3, -0.25) is 9.59 Å². The van der Waals surface area contributed by atoms with E-state index in [0.29, 0.717) is 22.6 Å². The van der Waals surface area contributed by atoms with Crippen LogP contribution in [0.25, 0.3) is 6.08 Å². The van der Waals surface area contributed by atoms with Gasteiger partial charge in [0.25, 0.3) is 11.8 Å². The van der Waals surface area contributed by atoms with Crippen molar-refractivity contribution in [3.05, 3.63) is 65.4 Å². The molecule has 1 aliphatic rings. The molecule has 2 N–H and O–H groups in total. The van der Waals surface area contributed by atoms with E-state index in [1.807, 2.05) is 0 Å². The fraction of sp³-hybridized carbons (Fsp3) is 0.105. The zero-order valence-corrected chi connectivity index (χ0v) is 14.1. The number of carboxylic acid groups (broad SMARTS) is 1. The number of benzene rings is 2. The third-order valence-electron chi connectivity index (χ3n) is 3.63. The molecule has 0 bridgehead atoms. The SMILES string of the molecule is O=C([O-])CNC(=O)/C(=C\c1ccc2c(c1)OCO2)NC(=O)c1ccccc1. The summed E-state index contributed by atoms with van der Waals surface area (Å²) in [6, 6.07) is 13.3. The number of nitrogens with one attached hydrogen (secondary N) is 2. The molecule has 3 rings (SSSR count). The standard InChI is InChI=1S/C19H16N2O6/c22-17(23)10-20-19(25)14(21-18(24)13-4-2-1-3-5-13)8-12-6-7-15-16(9-12)27-11-26-15/h1-9H,10-11H2,(H,20,25)(H,21,24)(H,22,23)/p-1/b14-8+. The van der Waals surface area contributed by atoms with Gasteiger partial charge in [0, 0.05) is 5.56 Å². The summed E-state index contributed by atoms with van der Waals surface area (Å²) in [4.78, 5) is 35.3. The van der Waals surface area contributed by atoms with E-state index in [-0.39, 0.29) is 12.5 Å². The molecule has 8 heteroatoms. The second-order valence-electron chi connectivity index (χ2n) is 5.55. The molecule has 0 spiro atoms. The number of carbonyl (C=O) groups is 3. The lowest BCUT2D eigenvalue weighted by atomic mass is 10.1. The Hall–Kier alpha value is -3.81. The molecule has 1 heterocycles. The minimum atomic E-state index is -1.44. The second kappa shape index (κ2) is 8.05. The molecule has 0 fully saturated rings. The molecular weight excluding hydrogens is 352 g/mol. The van der Waals surface area contributed by atoms with Gasteiger partial charge in [0.2, 0.25) is 6.79 Å². The third-order valence-corrected chi connectivity index (χ3v) is 3.63. The summed E-state index contributed by atoms with van der Waals surface area (Å²) in [5.74, 6) is -1.64.